The molecule has 14 heavy (non-hydrogen) atoms. The van der Waals surface area contributed by atoms with E-state index < -0.39 is 0 Å². The summed E-state index contributed by atoms with van der Waals surface area (Å²) >= 11 is 0. The van der Waals surface area contributed by atoms with E-state index in [4.69, 9.17) is 0 Å². The van der Waals surface area contributed by atoms with Gasteiger partial charge in [0.2, 0.25) is 0 Å². The fraction of sp³-hybridized carbons (Fsp3) is 1.00. The van der Waals surface area contributed by atoms with Gasteiger partial charge in [-0.15, -0.1) is 0 Å². The van der Waals surface area contributed by atoms with Crippen molar-refractivity contribution < 1.29 is 0 Å². The van der Waals surface area contributed by atoms with Crippen LogP contribution in [0, 0.1) is 5.92 Å². The topological polar surface area (TPSA) is 12.0 Å². The molecule has 0 bridgehead atoms. The lowest BCUT2D eigenvalue weighted by molar-refractivity contribution is 0.346. The van der Waals surface area contributed by atoms with Gasteiger partial charge in [0.05, 0.1) is 0 Å². The first-order chi connectivity index (χ1) is 6.57. The Morgan fingerprint density at radius 2 is 1.57 bits per heavy atom. The molecule has 0 aliphatic carbocycles. The van der Waals surface area contributed by atoms with Crippen molar-refractivity contribution in [1.82, 2.24) is 5.32 Å². The summed E-state index contributed by atoms with van der Waals surface area (Å²) in [4.78, 5) is 0. The molecule has 0 spiro atoms. The monoisotopic (exact) mass is 199 g/mol. The van der Waals surface area contributed by atoms with Crippen molar-refractivity contribution in [3.05, 3.63) is 0 Å². The van der Waals surface area contributed by atoms with E-state index in [1.165, 1.54) is 32.1 Å². The average Bonchev–Trinajstić information content (AvgIpc) is 2.11. The molecule has 0 aromatic rings. The SMILES string of the molecule is CCCCCCC(C)[C@@H](C)NC(C)C. The third-order valence-electron chi connectivity index (χ3n) is 2.96. The summed E-state index contributed by atoms with van der Waals surface area (Å²) in [5.41, 5.74) is 0. The van der Waals surface area contributed by atoms with Crippen molar-refractivity contribution in [2.24, 2.45) is 5.92 Å². The Morgan fingerprint density at radius 1 is 0.929 bits per heavy atom. The van der Waals surface area contributed by atoms with Crippen molar-refractivity contribution in [2.45, 2.75) is 78.8 Å². The smallest absolute Gasteiger partial charge is 0.00667 e. The van der Waals surface area contributed by atoms with Gasteiger partial charge in [-0.2, -0.15) is 0 Å². The Bertz CT molecular complexity index is 120. The normalized spacial score (nSPS) is 15.9. The van der Waals surface area contributed by atoms with Crippen LogP contribution in [0.3, 0.4) is 0 Å². The number of unbranched alkanes of at least 4 members (excludes halogenated alkanes) is 3. The van der Waals surface area contributed by atoms with E-state index in [1.54, 1.807) is 0 Å². The van der Waals surface area contributed by atoms with Crippen LogP contribution in [0.2, 0.25) is 0 Å². The first kappa shape index (κ1) is 14.0. The fourth-order valence-electron chi connectivity index (χ4n) is 1.83. The second kappa shape index (κ2) is 8.28. The first-order valence-electron chi connectivity index (χ1n) is 6.34. The molecular weight excluding hydrogens is 170 g/mol. The highest BCUT2D eigenvalue weighted by Crippen LogP contribution is 2.14. The van der Waals surface area contributed by atoms with Crippen LogP contribution in [0.5, 0.6) is 0 Å². The highest BCUT2D eigenvalue weighted by molar-refractivity contribution is 4.70. The van der Waals surface area contributed by atoms with Gasteiger partial charge in [-0.05, 0) is 19.3 Å². The standard InChI is InChI=1S/C13H29N/c1-6-7-8-9-10-12(4)13(5)14-11(2)3/h11-14H,6-10H2,1-5H3/t12?,13-/m1/s1. The quantitative estimate of drug-likeness (QED) is 0.583. The zero-order chi connectivity index (χ0) is 11.0. The Morgan fingerprint density at radius 3 is 2.07 bits per heavy atom. The molecule has 1 nitrogen and oxygen atoms in total. The van der Waals surface area contributed by atoms with Crippen molar-refractivity contribution in [1.29, 1.82) is 0 Å². The molecule has 2 atom stereocenters. The fourth-order valence-corrected chi connectivity index (χ4v) is 1.83. The molecule has 0 amide bonds. The van der Waals surface area contributed by atoms with Crippen LogP contribution >= 0.6 is 0 Å². The predicted octanol–water partition coefficient (Wildman–Crippen LogP) is 3.98. The third kappa shape index (κ3) is 7.37. The molecule has 0 saturated carbocycles. The van der Waals surface area contributed by atoms with E-state index in [-0.39, 0.29) is 0 Å². The molecule has 86 valence electrons. The second-order valence-electron chi connectivity index (χ2n) is 4.94. The molecule has 0 aromatic heterocycles. The summed E-state index contributed by atoms with van der Waals surface area (Å²) in [6, 6.07) is 1.28. The van der Waals surface area contributed by atoms with Gasteiger partial charge in [-0.1, -0.05) is 53.4 Å². The molecule has 0 heterocycles. The summed E-state index contributed by atoms with van der Waals surface area (Å²) in [6.45, 7) is 11.4. The van der Waals surface area contributed by atoms with Gasteiger partial charge in [0.25, 0.3) is 0 Å². The molecule has 0 rings (SSSR count). The van der Waals surface area contributed by atoms with Crippen molar-refractivity contribution in [2.75, 3.05) is 0 Å². The molecule has 1 N–H and O–H groups in total. The lowest BCUT2D eigenvalue weighted by Crippen LogP contribution is -2.36. The molecule has 0 aliphatic heterocycles. The summed E-state index contributed by atoms with van der Waals surface area (Å²) in [6.07, 6.45) is 6.93. The molecule has 0 fully saturated rings. The lowest BCUT2D eigenvalue weighted by Gasteiger charge is -2.23. The minimum atomic E-state index is 0.614. The number of hydrogen-bond donors (Lipinski definition) is 1. The van der Waals surface area contributed by atoms with Gasteiger partial charge in [0, 0.05) is 12.1 Å². The highest BCUT2D eigenvalue weighted by Gasteiger charge is 2.11. The van der Waals surface area contributed by atoms with E-state index in [9.17, 15) is 0 Å². The van der Waals surface area contributed by atoms with Gasteiger partial charge in [-0.3, -0.25) is 0 Å². The summed E-state index contributed by atoms with van der Waals surface area (Å²) < 4.78 is 0. The maximum Gasteiger partial charge on any atom is 0.00667 e. The van der Waals surface area contributed by atoms with E-state index in [0.717, 1.165) is 5.92 Å². The molecular formula is C13H29N. The van der Waals surface area contributed by atoms with Crippen LogP contribution in [0.15, 0.2) is 0 Å². The van der Waals surface area contributed by atoms with Gasteiger partial charge >= 0.3 is 0 Å². The average molecular weight is 199 g/mol. The Kier molecular flexibility index (Phi) is 8.26. The maximum absolute atomic E-state index is 3.58. The lowest BCUT2D eigenvalue weighted by atomic mass is 9.96. The third-order valence-corrected chi connectivity index (χ3v) is 2.96. The number of nitrogens with one attached hydrogen (secondary N) is 1. The predicted molar refractivity (Wildman–Crippen MR) is 65.7 cm³/mol. The van der Waals surface area contributed by atoms with Crippen LogP contribution < -0.4 is 5.32 Å². The molecule has 0 aliphatic rings. The number of hydrogen-bond acceptors (Lipinski definition) is 1. The van der Waals surface area contributed by atoms with E-state index in [1.807, 2.05) is 0 Å². The highest BCUT2D eigenvalue weighted by atomic mass is 14.9. The van der Waals surface area contributed by atoms with Crippen molar-refractivity contribution in [3.63, 3.8) is 0 Å². The minimum absolute atomic E-state index is 0.614. The van der Waals surface area contributed by atoms with Crippen LogP contribution in [-0.2, 0) is 0 Å². The largest absolute Gasteiger partial charge is 0.312 e. The van der Waals surface area contributed by atoms with Crippen molar-refractivity contribution >= 4 is 0 Å². The van der Waals surface area contributed by atoms with Gasteiger partial charge < -0.3 is 5.32 Å². The molecule has 1 unspecified atom stereocenters. The Balaban J connectivity index is 3.46. The number of rotatable bonds is 8. The van der Waals surface area contributed by atoms with Crippen LogP contribution in [0.25, 0.3) is 0 Å². The van der Waals surface area contributed by atoms with E-state index in [0.29, 0.717) is 12.1 Å². The van der Waals surface area contributed by atoms with Crippen molar-refractivity contribution in [3.8, 4) is 0 Å². The molecule has 0 aromatic carbocycles. The summed E-state index contributed by atoms with van der Waals surface area (Å²) in [7, 11) is 0. The zero-order valence-electron chi connectivity index (χ0n) is 10.8. The van der Waals surface area contributed by atoms with Gasteiger partial charge in [0.1, 0.15) is 0 Å². The molecule has 0 radical (unpaired) electrons. The zero-order valence-corrected chi connectivity index (χ0v) is 10.8. The van der Waals surface area contributed by atoms with E-state index >= 15 is 0 Å². The second-order valence-corrected chi connectivity index (χ2v) is 4.94. The van der Waals surface area contributed by atoms with Gasteiger partial charge in [-0.25, -0.2) is 0 Å². The molecule has 0 saturated heterocycles. The minimum Gasteiger partial charge on any atom is -0.312 e. The summed E-state index contributed by atoms with van der Waals surface area (Å²) in [5, 5.41) is 3.58. The van der Waals surface area contributed by atoms with Crippen LogP contribution in [-0.4, -0.2) is 12.1 Å². The first-order valence-corrected chi connectivity index (χ1v) is 6.34. The maximum atomic E-state index is 3.58. The molecule has 1 heteroatoms. The Labute approximate surface area is 90.7 Å². The van der Waals surface area contributed by atoms with E-state index in [2.05, 4.69) is 39.9 Å². The summed E-state index contributed by atoms with van der Waals surface area (Å²) in [5.74, 6) is 0.814. The van der Waals surface area contributed by atoms with Crippen LogP contribution in [0.4, 0.5) is 0 Å². The van der Waals surface area contributed by atoms with Gasteiger partial charge in [0.15, 0.2) is 0 Å². The van der Waals surface area contributed by atoms with Crippen LogP contribution in [0.1, 0.15) is 66.7 Å². The Hall–Kier alpha value is -0.0400.